The Hall–Kier alpha value is -0.485. The third-order valence-corrected chi connectivity index (χ3v) is 2.37. The number of rotatable bonds is 1. The van der Waals surface area contributed by atoms with Crippen LogP contribution in [0.3, 0.4) is 0 Å². The molecule has 0 aromatic rings. The van der Waals surface area contributed by atoms with E-state index >= 15 is 0 Å². The van der Waals surface area contributed by atoms with E-state index in [4.69, 9.17) is 9.31 Å². The minimum atomic E-state index is -4.47. The summed E-state index contributed by atoms with van der Waals surface area (Å²) in [6, 6.07) is 0. The fourth-order valence-electron chi connectivity index (χ4n) is 1.04. The molecule has 14 heavy (non-hydrogen) atoms. The van der Waals surface area contributed by atoms with Crippen LogP contribution in [0.1, 0.15) is 20.8 Å². The van der Waals surface area contributed by atoms with Crippen molar-refractivity contribution in [3.05, 3.63) is 12.1 Å². The molecule has 0 aromatic heterocycles. The summed E-state index contributed by atoms with van der Waals surface area (Å²) in [7, 11) is -1.37. The molecular weight excluding hydrogens is 196 g/mol. The zero-order chi connectivity index (χ0) is 11.1. The predicted molar refractivity (Wildman–Crippen MR) is 46.7 cm³/mol. The maximum absolute atomic E-state index is 12.2. The Morgan fingerprint density at radius 1 is 1.43 bits per heavy atom. The van der Waals surface area contributed by atoms with Gasteiger partial charge in [0.05, 0.1) is 17.2 Å². The fraction of sp³-hybridized carbons (Fsp3) is 0.750. The molecule has 0 amide bonds. The van der Waals surface area contributed by atoms with Gasteiger partial charge in [-0.3, -0.25) is 0 Å². The Morgan fingerprint density at radius 2 is 1.93 bits per heavy atom. The van der Waals surface area contributed by atoms with Crippen LogP contribution in [0.5, 0.6) is 0 Å². The van der Waals surface area contributed by atoms with Crippen LogP contribution in [0.25, 0.3) is 0 Å². The van der Waals surface area contributed by atoms with Crippen molar-refractivity contribution in [2.45, 2.75) is 38.7 Å². The smallest absolute Gasteiger partial charge is 0.402 e. The highest BCUT2D eigenvalue weighted by atomic mass is 19.4. The highest BCUT2D eigenvalue weighted by Crippen LogP contribution is 2.35. The number of allylic oxidation sites excluding steroid dienone is 1. The maximum Gasteiger partial charge on any atom is 0.498 e. The molecule has 1 fully saturated rings. The third kappa shape index (κ3) is 2.12. The Bertz CT molecular complexity index is 249. The number of hydrogen-bond donors (Lipinski definition) is 0. The first-order valence-electron chi connectivity index (χ1n) is 4.24. The first-order chi connectivity index (χ1) is 6.14. The summed E-state index contributed by atoms with van der Waals surface area (Å²) in [5.41, 5.74) is -1.70. The van der Waals surface area contributed by atoms with Crippen LogP contribution in [-0.4, -0.2) is 25.0 Å². The number of alkyl halides is 3. The van der Waals surface area contributed by atoms with Crippen molar-refractivity contribution in [3.63, 3.8) is 0 Å². The van der Waals surface area contributed by atoms with E-state index in [-0.39, 0.29) is 6.10 Å². The van der Waals surface area contributed by atoms with Gasteiger partial charge in [0.1, 0.15) is 0 Å². The van der Waals surface area contributed by atoms with Crippen LogP contribution in [-0.2, 0) is 9.31 Å². The molecule has 1 atom stereocenters. The largest absolute Gasteiger partial charge is 0.498 e. The Morgan fingerprint density at radius 3 is 2.21 bits per heavy atom. The van der Waals surface area contributed by atoms with Crippen molar-refractivity contribution in [1.82, 2.24) is 0 Å². The monoisotopic (exact) mass is 208 g/mol. The SMILES string of the molecule is C=C(B1OC(C)C(C)(C)O1)C(F)(F)F. The summed E-state index contributed by atoms with van der Waals surface area (Å²) in [5, 5.41) is 0. The minimum Gasteiger partial charge on any atom is -0.402 e. The van der Waals surface area contributed by atoms with E-state index in [0.717, 1.165) is 0 Å². The normalized spacial score (nSPS) is 26.7. The molecule has 6 heteroatoms. The molecule has 0 N–H and O–H groups in total. The lowest BCUT2D eigenvalue weighted by Crippen LogP contribution is -2.32. The molecule has 0 aromatic carbocycles. The van der Waals surface area contributed by atoms with Gasteiger partial charge < -0.3 is 9.31 Å². The zero-order valence-electron chi connectivity index (χ0n) is 8.31. The van der Waals surface area contributed by atoms with Crippen LogP contribution in [0.15, 0.2) is 12.1 Å². The summed E-state index contributed by atoms with van der Waals surface area (Å²) in [6.45, 7) is 7.97. The molecule has 80 valence electrons. The molecule has 1 aliphatic rings. The molecule has 1 aliphatic heterocycles. The number of halogens is 3. The van der Waals surface area contributed by atoms with Crippen LogP contribution >= 0.6 is 0 Å². The second-order valence-corrected chi connectivity index (χ2v) is 3.85. The van der Waals surface area contributed by atoms with Crippen molar-refractivity contribution in [1.29, 1.82) is 0 Å². The van der Waals surface area contributed by atoms with Gasteiger partial charge in [-0.15, -0.1) is 0 Å². The van der Waals surface area contributed by atoms with Crippen molar-refractivity contribution >= 4 is 7.12 Å². The molecule has 1 saturated heterocycles. The molecule has 1 unspecified atom stereocenters. The minimum absolute atomic E-state index is 0.383. The lowest BCUT2D eigenvalue weighted by Gasteiger charge is -2.21. The van der Waals surface area contributed by atoms with Gasteiger partial charge in [-0.1, -0.05) is 6.58 Å². The summed E-state index contributed by atoms with van der Waals surface area (Å²) in [4.78, 5) is 0. The second kappa shape index (κ2) is 3.27. The van der Waals surface area contributed by atoms with Gasteiger partial charge >= 0.3 is 13.3 Å². The quantitative estimate of drug-likeness (QED) is 0.615. The fourth-order valence-corrected chi connectivity index (χ4v) is 1.04. The molecule has 1 heterocycles. The van der Waals surface area contributed by atoms with Gasteiger partial charge in [0, 0.05) is 0 Å². The van der Waals surface area contributed by atoms with Crippen molar-refractivity contribution in [3.8, 4) is 0 Å². The average Bonchev–Trinajstić information content (AvgIpc) is 2.23. The first kappa shape index (κ1) is 11.6. The topological polar surface area (TPSA) is 18.5 Å². The molecule has 0 saturated carbocycles. The summed E-state index contributed by atoms with van der Waals surface area (Å²) in [6.07, 6.45) is -4.85. The molecule has 0 aliphatic carbocycles. The van der Waals surface area contributed by atoms with Crippen molar-refractivity contribution in [2.75, 3.05) is 0 Å². The Labute approximate surface area is 81.2 Å². The maximum atomic E-state index is 12.2. The third-order valence-electron chi connectivity index (χ3n) is 2.37. The second-order valence-electron chi connectivity index (χ2n) is 3.85. The number of hydrogen-bond acceptors (Lipinski definition) is 2. The van der Waals surface area contributed by atoms with Gasteiger partial charge in [0.25, 0.3) is 0 Å². The average molecular weight is 208 g/mol. The first-order valence-corrected chi connectivity index (χ1v) is 4.24. The highest BCUT2D eigenvalue weighted by molar-refractivity contribution is 6.54. The van der Waals surface area contributed by atoms with E-state index < -0.39 is 24.4 Å². The molecule has 0 bridgehead atoms. The molecule has 0 radical (unpaired) electrons. The lowest BCUT2D eigenvalue weighted by molar-refractivity contribution is -0.0874. The summed E-state index contributed by atoms with van der Waals surface area (Å²) in [5.74, 6) is 0. The van der Waals surface area contributed by atoms with Gasteiger partial charge in [-0.05, 0) is 20.8 Å². The van der Waals surface area contributed by atoms with Crippen LogP contribution < -0.4 is 0 Å². The van der Waals surface area contributed by atoms with E-state index in [1.165, 1.54) is 0 Å². The van der Waals surface area contributed by atoms with Gasteiger partial charge in [0.2, 0.25) is 0 Å². The van der Waals surface area contributed by atoms with E-state index in [9.17, 15) is 13.2 Å². The standard InChI is InChI=1S/C8H12BF3O2/c1-5(8(10,11)12)9-13-6(2)7(3,4)14-9/h6H,1H2,2-4H3. The Balaban J connectivity index is 2.72. The van der Waals surface area contributed by atoms with E-state index in [1.807, 2.05) is 0 Å². The predicted octanol–water partition coefficient (Wildman–Crippen LogP) is 2.35. The van der Waals surface area contributed by atoms with Crippen LogP contribution in [0.4, 0.5) is 13.2 Å². The van der Waals surface area contributed by atoms with E-state index in [1.54, 1.807) is 20.8 Å². The van der Waals surface area contributed by atoms with Gasteiger partial charge in [0.15, 0.2) is 0 Å². The van der Waals surface area contributed by atoms with Crippen LogP contribution in [0, 0.1) is 0 Å². The van der Waals surface area contributed by atoms with E-state index in [0.29, 0.717) is 0 Å². The molecule has 1 rings (SSSR count). The summed E-state index contributed by atoms with van der Waals surface area (Å²) < 4.78 is 46.8. The van der Waals surface area contributed by atoms with Crippen molar-refractivity contribution < 1.29 is 22.5 Å². The van der Waals surface area contributed by atoms with Crippen molar-refractivity contribution in [2.24, 2.45) is 0 Å². The van der Waals surface area contributed by atoms with Gasteiger partial charge in [-0.25, -0.2) is 0 Å². The van der Waals surface area contributed by atoms with Gasteiger partial charge in [-0.2, -0.15) is 13.2 Å². The van der Waals surface area contributed by atoms with Crippen LogP contribution in [0.2, 0.25) is 0 Å². The molecule has 0 spiro atoms. The molecular formula is C8H12BF3O2. The Kier molecular flexibility index (Phi) is 2.71. The van der Waals surface area contributed by atoms with E-state index in [2.05, 4.69) is 6.58 Å². The zero-order valence-corrected chi connectivity index (χ0v) is 8.31. The summed E-state index contributed by atoms with van der Waals surface area (Å²) >= 11 is 0. The molecule has 2 nitrogen and oxygen atoms in total. The highest BCUT2D eigenvalue weighted by Gasteiger charge is 2.51. The lowest BCUT2D eigenvalue weighted by atomic mass is 9.79.